The molecule has 1 amide bonds. The van der Waals surface area contributed by atoms with Crippen LogP contribution in [0.3, 0.4) is 0 Å². The van der Waals surface area contributed by atoms with E-state index in [1.54, 1.807) is 13.2 Å². The number of benzene rings is 3. The lowest BCUT2D eigenvalue weighted by atomic mass is 10.0. The Morgan fingerprint density at radius 1 is 1.12 bits per heavy atom. The van der Waals surface area contributed by atoms with Crippen LogP contribution < -0.4 is 26.2 Å². The molecule has 9 heteroatoms. The summed E-state index contributed by atoms with van der Waals surface area (Å²) < 4.78 is 13.1. The van der Waals surface area contributed by atoms with E-state index >= 15 is 0 Å². The molecule has 1 atom stereocenters. The molecule has 5 rings (SSSR count). The van der Waals surface area contributed by atoms with E-state index in [0.717, 1.165) is 54.8 Å². The molecule has 9 nitrogen and oxygen atoms in total. The van der Waals surface area contributed by atoms with Crippen LogP contribution >= 0.6 is 0 Å². The number of nitrogens with one attached hydrogen (secondary N) is 3. The van der Waals surface area contributed by atoms with E-state index < -0.39 is 0 Å². The molecule has 1 aromatic heterocycles. The fourth-order valence-corrected chi connectivity index (χ4v) is 5.07. The number of unbranched alkanes of at least 4 members (excludes halogenated alkanes) is 1. The molecule has 0 bridgehead atoms. The summed E-state index contributed by atoms with van der Waals surface area (Å²) in [7, 11) is 1.70. The van der Waals surface area contributed by atoms with Crippen LogP contribution in [0.25, 0.3) is 11.3 Å². The predicted octanol–water partition coefficient (Wildman–Crippen LogP) is 5.46. The largest absolute Gasteiger partial charge is 0.491 e. The lowest BCUT2D eigenvalue weighted by Crippen LogP contribution is -2.41. The van der Waals surface area contributed by atoms with Crippen molar-refractivity contribution in [2.75, 3.05) is 36.9 Å². The molecule has 2 heterocycles. The number of rotatable bonds is 11. The maximum Gasteiger partial charge on any atom is 0.293 e. The van der Waals surface area contributed by atoms with Gasteiger partial charge < -0.3 is 30.0 Å². The lowest BCUT2D eigenvalue weighted by Gasteiger charge is -2.23. The van der Waals surface area contributed by atoms with Crippen LogP contribution in [0.2, 0.25) is 0 Å². The average Bonchev–Trinajstić information content (AvgIpc) is 3.03. The summed E-state index contributed by atoms with van der Waals surface area (Å²) in [4.78, 5) is 31.0. The van der Waals surface area contributed by atoms with Crippen molar-refractivity contribution in [1.29, 1.82) is 0 Å². The second-order valence-corrected chi connectivity index (χ2v) is 10.7. The zero-order valence-electron chi connectivity index (χ0n) is 25.0. The topological polar surface area (TPSA) is 107 Å². The standard InChI is InChI=1S/C34H39N5O4/c1-4-5-9-24-10-6-7-11-29(24)33(40)38-30-13-8-12-28(23(30)2)31-21-39(3)34(41)32(37-31)36-25-14-16-26(17-15-25)43-22-27-20-35-18-19-42-27/h6-8,10-17,21,27,35H,4-5,9,18-20,22H2,1-3H3,(H,36,37)(H,38,40). The average molecular weight is 582 g/mol. The molecular weight excluding hydrogens is 542 g/mol. The van der Waals surface area contributed by atoms with Crippen molar-refractivity contribution < 1.29 is 14.3 Å². The molecule has 1 aliphatic rings. The Kier molecular flexibility index (Phi) is 9.86. The van der Waals surface area contributed by atoms with E-state index in [4.69, 9.17) is 14.5 Å². The van der Waals surface area contributed by atoms with E-state index in [1.807, 2.05) is 73.7 Å². The van der Waals surface area contributed by atoms with Crippen molar-refractivity contribution in [2.45, 2.75) is 39.2 Å². The van der Waals surface area contributed by atoms with Gasteiger partial charge in [0.1, 0.15) is 18.5 Å². The van der Waals surface area contributed by atoms with Crippen LogP contribution in [0.4, 0.5) is 17.2 Å². The number of amides is 1. The Bertz CT molecular complexity index is 1610. The molecule has 0 radical (unpaired) electrons. The van der Waals surface area contributed by atoms with Crippen molar-refractivity contribution in [3.63, 3.8) is 0 Å². The van der Waals surface area contributed by atoms with Crippen molar-refractivity contribution in [3.05, 3.63) is 100.0 Å². The van der Waals surface area contributed by atoms with Gasteiger partial charge in [-0.2, -0.15) is 0 Å². The number of hydrogen-bond acceptors (Lipinski definition) is 7. The Balaban J connectivity index is 1.32. The summed E-state index contributed by atoms with van der Waals surface area (Å²) in [6, 6.07) is 20.9. The Hall–Kier alpha value is -4.47. The van der Waals surface area contributed by atoms with E-state index in [1.165, 1.54) is 4.57 Å². The lowest BCUT2D eigenvalue weighted by molar-refractivity contribution is 0.000199. The summed E-state index contributed by atoms with van der Waals surface area (Å²) in [5.74, 6) is 0.781. The van der Waals surface area contributed by atoms with Crippen molar-refractivity contribution >= 4 is 23.1 Å². The fraction of sp³-hybridized carbons (Fsp3) is 0.324. The highest BCUT2D eigenvalue weighted by Gasteiger charge is 2.17. The van der Waals surface area contributed by atoms with Gasteiger partial charge in [0.25, 0.3) is 11.5 Å². The summed E-state index contributed by atoms with van der Waals surface area (Å²) in [6.45, 7) is 6.87. The number of morpholine rings is 1. The first-order chi connectivity index (χ1) is 20.9. The van der Waals surface area contributed by atoms with Crippen LogP contribution in [-0.2, 0) is 18.2 Å². The molecule has 0 aliphatic carbocycles. The number of anilines is 3. The van der Waals surface area contributed by atoms with Gasteiger partial charge in [0.2, 0.25) is 0 Å². The van der Waals surface area contributed by atoms with Crippen LogP contribution in [0.1, 0.15) is 41.3 Å². The first-order valence-electron chi connectivity index (χ1n) is 14.8. The van der Waals surface area contributed by atoms with Gasteiger partial charge in [-0.15, -0.1) is 0 Å². The molecule has 1 unspecified atom stereocenters. The number of aromatic nitrogens is 2. The summed E-state index contributed by atoms with van der Waals surface area (Å²) in [5, 5.41) is 9.55. The summed E-state index contributed by atoms with van der Waals surface area (Å²) in [6.07, 6.45) is 4.69. The normalized spacial score (nSPS) is 14.7. The molecule has 3 aromatic carbocycles. The molecule has 224 valence electrons. The van der Waals surface area contributed by atoms with Crippen LogP contribution in [0.5, 0.6) is 5.75 Å². The molecule has 1 aliphatic heterocycles. The van der Waals surface area contributed by atoms with Gasteiger partial charge in [-0.25, -0.2) is 4.98 Å². The minimum atomic E-state index is -0.253. The second kappa shape index (κ2) is 14.1. The van der Waals surface area contributed by atoms with Crippen molar-refractivity contribution in [2.24, 2.45) is 7.05 Å². The zero-order valence-corrected chi connectivity index (χ0v) is 25.0. The SMILES string of the molecule is CCCCc1ccccc1C(=O)Nc1cccc(-c2cn(C)c(=O)c(Nc3ccc(OCC4CNCCO4)cc3)n2)c1C. The fourth-order valence-electron chi connectivity index (χ4n) is 5.07. The van der Waals surface area contributed by atoms with Gasteiger partial charge >= 0.3 is 0 Å². The quantitative estimate of drug-likeness (QED) is 0.216. The highest BCUT2D eigenvalue weighted by molar-refractivity contribution is 6.06. The van der Waals surface area contributed by atoms with Crippen LogP contribution in [0.15, 0.2) is 77.7 Å². The van der Waals surface area contributed by atoms with E-state index in [0.29, 0.717) is 35.8 Å². The third kappa shape index (κ3) is 7.49. The Morgan fingerprint density at radius 2 is 1.93 bits per heavy atom. The van der Waals surface area contributed by atoms with Gasteiger partial charge in [-0.05, 0) is 67.3 Å². The number of hydrogen-bond donors (Lipinski definition) is 3. The highest BCUT2D eigenvalue weighted by atomic mass is 16.5. The van der Waals surface area contributed by atoms with Crippen LogP contribution in [-0.4, -0.2) is 47.9 Å². The van der Waals surface area contributed by atoms with Crippen LogP contribution in [0, 0.1) is 6.92 Å². The number of carbonyl (C=O) groups excluding carboxylic acids is 1. The molecule has 0 saturated carbocycles. The first-order valence-corrected chi connectivity index (χ1v) is 14.8. The molecule has 43 heavy (non-hydrogen) atoms. The second-order valence-electron chi connectivity index (χ2n) is 10.7. The third-order valence-electron chi connectivity index (χ3n) is 7.55. The minimum absolute atomic E-state index is 0.0263. The van der Waals surface area contributed by atoms with Crippen molar-refractivity contribution in [1.82, 2.24) is 14.9 Å². The monoisotopic (exact) mass is 581 g/mol. The molecule has 1 saturated heterocycles. The maximum atomic E-state index is 13.3. The molecule has 1 fully saturated rings. The summed E-state index contributed by atoms with van der Waals surface area (Å²) >= 11 is 0. The highest BCUT2D eigenvalue weighted by Crippen LogP contribution is 2.29. The number of ether oxygens (including phenoxy) is 2. The van der Waals surface area contributed by atoms with E-state index in [2.05, 4.69) is 22.9 Å². The van der Waals surface area contributed by atoms with Crippen molar-refractivity contribution in [3.8, 4) is 17.0 Å². The van der Waals surface area contributed by atoms with Gasteiger partial charge in [0.15, 0.2) is 5.82 Å². The number of carbonyl (C=O) groups is 1. The minimum Gasteiger partial charge on any atom is -0.491 e. The van der Waals surface area contributed by atoms with E-state index in [-0.39, 0.29) is 23.4 Å². The van der Waals surface area contributed by atoms with E-state index in [9.17, 15) is 9.59 Å². The van der Waals surface area contributed by atoms with Gasteiger partial charge in [-0.3, -0.25) is 9.59 Å². The van der Waals surface area contributed by atoms with Gasteiger partial charge in [-0.1, -0.05) is 43.7 Å². The third-order valence-corrected chi connectivity index (χ3v) is 7.55. The number of nitrogens with zero attached hydrogens (tertiary/aromatic N) is 2. The zero-order chi connectivity index (χ0) is 30.2. The van der Waals surface area contributed by atoms with Gasteiger partial charge in [0, 0.05) is 48.8 Å². The summed E-state index contributed by atoms with van der Waals surface area (Å²) in [5.41, 5.74) is 5.17. The predicted molar refractivity (Wildman–Crippen MR) is 170 cm³/mol. The Labute approximate surface area is 252 Å². The molecule has 4 aromatic rings. The smallest absolute Gasteiger partial charge is 0.293 e. The molecule has 3 N–H and O–H groups in total. The number of aryl methyl sites for hydroxylation is 2. The first kappa shape index (κ1) is 30.0. The Morgan fingerprint density at radius 3 is 2.70 bits per heavy atom. The van der Waals surface area contributed by atoms with Gasteiger partial charge in [0.05, 0.1) is 12.3 Å². The maximum absolute atomic E-state index is 13.3. The molecular formula is C34H39N5O4. The molecule has 0 spiro atoms.